The summed E-state index contributed by atoms with van der Waals surface area (Å²) in [6.45, 7) is 3.84. The standard InChI is InChI=1S/C20H19ClN4/c1-14-12-19(25-11-10-15-4-2-3-5-16(15)13-25)24-20(22-14)23-18-8-6-17(21)7-9-18/h2-9,12H,10-11,13H2,1H3,(H,22,23,24). The van der Waals surface area contributed by atoms with E-state index in [0.717, 1.165) is 36.7 Å². The summed E-state index contributed by atoms with van der Waals surface area (Å²) in [7, 11) is 0. The van der Waals surface area contributed by atoms with E-state index in [1.807, 2.05) is 37.3 Å². The molecule has 126 valence electrons. The van der Waals surface area contributed by atoms with Crippen molar-refractivity contribution in [2.24, 2.45) is 0 Å². The van der Waals surface area contributed by atoms with Crippen LogP contribution in [0.25, 0.3) is 0 Å². The maximum absolute atomic E-state index is 5.94. The molecule has 2 heterocycles. The normalized spacial score (nSPS) is 13.4. The molecule has 2 aromatic carbocycles. The third-order valence-corrected chi connectivity index (χ3v) is 4.65. The molecule has 0 atom stereocenters. The summed E-state index contributed by atoms with van der Waals surface area (Å²) < 4.78 is 0. The topological polar surface area (TPSA) is 41.1 Å². The number of fused-ring (bicyclic) bond motifs is 1. The van der Waals surface area contributed by atoms with Gasteiger partial charge in [-0.05, 0) is 48.7 Å². The lowest BCUT2D eigenvalue weighted by molar-refractivity contribution is 0.719. The van der Waals surface area contributed by atoms with Crippen LogP contribution in [0.2, 0.25) is 5.02 Å². The van der Waals surface area contributed by atoms with Crippen LogP contribution in [0.3, 0.4) is 0 Å². The molecule has 4 rings (SSSR count). The van der Waals surface area contributed by atoms with Gasteiger partial charge in [0.2, 0.25) is 5.95 Å². The lowest BCUT2D eigenvalue weighted by Gasteiger charge is -2.30. The first-order valence-electron chi connectivity index (χ1n) is 8.37. The molecule has 0 aliphatic carbocycles. The number of aryl methyl sites for hydroxylation is 1. The molecule has 0 radical (unpaired) electrons. The fraction of sp³-hybridized carbons (Fsp3) is 0.200. The largest absolute Gasteiger partial charge is 0.352 e. The molecule has 3 aromatic rings. The van der Waals surface area contributed by atoms with Crippen molar-refractivity contribution in [1.82, 2.24) is 9.97 Å². The van der Waals surface area contributed by atoms with Gasteiger partial charge in [-0.15, -0.1) is 0 Å². The van der Waals surface area contributed by atoms with Gasteiger partial charge < -0.3 is 10.2 Å². The second-order valence-corrected chi connectivity index (χ2v) is 6.70. The van der Waals surface area contributed by atoms with E-state index in [-0.39, 0.29) is 0 Å². The Labute approximate surface area is 152 Å². The Balaban J connectivity index is 1.59. The summed E-state index contributed by atoms with van der Waals surface area (Å²) in [6, 6.07) is 18.2. The lowest BCUT2D eigenvalue weighted by Crippen LogP contribution is -2.31. The van der Waals surface area contributed by atoms with Gasteiger partial charge in [0.05, 0.1) is 0 Å². The zero-order valence-electron chi connectivity index (χ0n) is 14.0. The SMILES string of the molecule is Cc1cc(N2CCc3ccccc3C2)nc(Nc2ccc(Cl)cc2)n1. The van der Waals surface area contributed by atoms with Crippen LogP contribution in [0.4, 0.5) is 17.5 Å². The summed E-state index contributed by atoms with van der Waals surface area (Å²) in [5.74, 6) is 1.56. The van der Waals surface area contributed by atoms with Gasteiger partial charge in [0.15, 0.2) is 0 Å². The molecule has 0 fully saturated rings. The van der Waals surface area contributed by atoms with Gasteiger partial charge in [-0.2, -0.15) is 4.98 Å². The minimum atomic E-state index is 0.608. The van der Waals surface area contributed by atoms with Crippen molar-refractivity contribution in [2.75, 3.05) is 16.8 Å². The molecule has 25 heavy (non-hydrogen) atoms. The smallest absolute Gasteiger partial charge is 0.229 e. The maximum atomic E-state index is 5.94. The van der Waals surface area contributed by atoms with Gasteiger partial charge in [0, 0.05) is 35.6 Å². The number of aromatic nitrogens is 2. The van der Waals surface area contributed by atoms with E-state index in [0.29, 0.717) is 11.0 Å². The Kier molecular flexibility index (Phi) is 4.28. The van der Waals surface area contributed by atoms with E-state index >= 15 is 0 Å². The number of halogens is 1. The number of hydrogen-bond donors (Lipinski definition) is 1. The highest BCUT2D eigenvalue weighted by atomic mass is 35.5. The van der Waals surface area contributed by atoms with Crippen LogP contribution in [-0.4, -0.2) is 16.5 Å². The highest BCUT2D eigenvalue weighted by Gasteiger charge is 2.18. The monoisotopic (exact) mass is 350 g/mol. The first-order chi connectivity index (χ1) is 12.2. The van der Waals surface area contributed by atoms with Crippen molar-refractivity contribution in [3.63, 3.8) is 0 Å². The molecule has 0 unspecified atom stereocenters. The van der Waals surface area contributed by atoms with Crippen molar-refractivity contribution in [2.45, 2.75) is 19.9 Å². The fourth-order valence-electron chi connectivity index (χ4n) is 3.12. The number of benzene rings is 2. The molecule has 1 N–H and O–H groups in total. The third-order valence-electron chi connectivity index (χ3n) is 4.40. The van der Waals surface area contributed by atoms with E-state index in [9.17, 15) is 0 Å². The average Bonchev–Trinajstić information content (AvgIpc) is 2.63. The van der Waals surface area contributed by atoms with Gasteiger partial charge in [0.1, 0.15) is 5.82 Å². The number of nitrogens with zero attached hydrogens (tertiary/aromatic N) is 3. The van der Waals surface area contributed by atoms with Gasteiger partial charge in [-0.3, -0.25) is 0 Å². The Morgan fingerprint density at radius 3 is 2.56 bits per heavy atom. The molecular formula is C20H19ClN4. The molecule has 0 spiro atoms. The summed E-state index contributed by atoms with van der Waals surface area (Å²) in [6.07, 6.45) is 1.04. The predicted molar refractivity (Wildman–Crippen MR) is 103 cm³/mol. The second kappa shape index (κ2) is 6.73. The average molecular weight is 351 g/mol. The zero-order chi connectivity index (χ0) is 17.2. The van der Waals surface area contributed by atoms with Crippen LogP contribution < -0.4 is 10.2 Å². The zero-order valence-corrected chi connectivity index (χ0v) is 14.8. The number of rotatable bonds is 3. The third kappa shape index (κ3) is 3.59. The van der Waals surface area contributed by atoms with Crippen LogP contribution in [0, 0.1) is 6.92 Å². The van der Waals surface area contributed by atoms with E-state index < -0.39 is 0 Å². The Morgan fingerprint density at radius 2 is 1.76 bits per heavy atom. The van der Waals surface area contributed by atoms with Crippen molar-refractivity contribution < 1.29 is 0 Å². The highest BCUT2D eigenvalue weighted by molar-refractivity contribution is 6.30. The van der Waals surface area contributed by atoms with Gasteiger partial charge >= 0.3 is 0 Å². The molecule has 4 nitrogen and oxygen atoms in total. The first kappa shape index (κ1) is 15.9. The Morgan fingerprint density at radius 1 is 1.00 bits per heavy atom. The molecule has 1 aromatic heterocycles. The number of nitrogens with one attached hydrogen (secondary N) is 1. The molecule has 0 saturated carbocycles. The molecule has 0 saturated heterocycles. The summed E-state index contributed by atoms with van der Waals surface area (Å²) >= 11 is 5.94. The molecule has 1 aliphatic heterocycles. The summed E-state index contributed by atoms with van der Waals surface area (Å²) in [5, 5.41) is 3.97. The van der Waals surface area contributed by atoms with Crippen molar-refractivity contribution in [3.8, 4) is 0 Å². The Bertz CT molecular complexity index is 892. The van der Waals surface area contributed by atoms with E-state index in [2.05, 4.69) is 39.5 Å². The quantitative estimate of drug-likeness (QED) is 0.740. The van der Waals surface area contributed by atoms with E-state index in [1.54, 1.807) is 0 Å². The van der Waals surface area contributed by atoms with Gasteiger partial charge in [-0.1, -0.05) is 35.9 Å². The molecular weight excluding hydrogens is 332 g/mol. The minimum absolute atomic E-state index is 0.608. The van der Waals surface area contributed by atoms with Gasteiger partial charge in [-0.25, -0.2) is 4.98 Å². The molecule has 5 heteroatoms. The predicted octanol–water partition coefficient (Wildman–Crippen LogP) is 4.74. The highest BCUT2D eigenvalue weighted by Crippen LogP contribution is 2.25. The van der Waals surface area contributed by atoms with Gasteiger partial charge in [0.25, 0.3) is 0 Å². The van der Waals surface area contributed by atoms with Crippen LogP contribution in [0.5, 0.6) is 0 Å². The Hall–Kier alpha value is -2.59. The number of anilines is 3. The molecule has 1 aliphatic rings. The summed E-state index contributed by atoms with van der Waals surface area (Å²) in [5.41, 5.74) is 4.67. The summed E-state index contributed by atoms with van der Waals surface area (Å²) in [4.78, 5) is 11.5. The van der Waals surface area contributed by atoms with Crippen LogP contribution >= 0.6 is 11.6 Å². The van der Waals surface area contributed by atoms with E-state index in [1.165, 1.54) is 11.1 Å². The molecule has 0 bridgehead atoms. The van der Waals surface area contributed by atoms with Crippen molar-refractivity contribution in [1.29, 1.82) is 0 Å². The van der Waals surface area contributed by atoms with Crippen molar-refractivity contribution in [3.05, 3.63) is 76.4 Å². The van der Waals surface area contributed by atoms with Crippen LogP contribution in [0.15, 0.2) is 54.6 Å². The second-order valence-electron chi connectivity index (χ2n) is 6.26. The number of hydrogen-bond acceptors (Lipinski definition) is 4. The maximum Gasteiger partial charge on any atom is 0.229 e. The van der Waals surface area contributed by atoms with Crippen LogP contribution in [-0.2, 0) is 13.0 Å². The first-order valence-corrected chi connectivity index (χ1v) is 8.75. The van der Waals surface area contributed by atoms with Crippen molar-refractivity contribution >= 4 is 29.1 Å². The molecule has 0 amide bonds. The minimum Gasteiger partial charge on any atom is -0.352 e. The lowest BCUT2D eigenvalue weighted by atomic mass is 10.00. The fourth-order valence-corrected chi connectivity index (χ4v) is 3.25. The van der Waals surface area contributed by atoms with Crippen LogP contribution in [0.1, 0.15) is 16.8 Å². The van der Waals surface area contributed by atoms with E-state index in [4.69, 9.17) is 16.6 Å².